The maximum Gasteiger partial charge on any atom is 0.344 e. The Labute approximate surface area is 176 Å². The molecule has 2 fully saturated rings. The fraction of sp³-hybridized carbons (Fsp3) is 0.565. The van der Waals surface area contributed by atoms with E-state index in [2.05, 4.69) is 17.7 Å². The van der Waals surface area contributed by atoms with Gasteiger partial charge < -0.3 is 5.32 Å². The van der Waals surface area contributed by atoms with Crippen molar-refractivity contribution in [1.82, 2.24) is 15.8 Å². The second-order valence-corrected chi connectivity index (χ2v) is 8.98. The number of carbonyl (C=O) groups is 4. The van der Waals surface area contributed by atoms with Gasteiger partial charge in [0, 0.05) is 18.4 Å². The predicted molar refractivity (Wildman–Crippen MR) is 111 cm³/mol. The van der Waals surface area contributed by atoms with E-state index in [1.165, 1.54) is 17.5 Å². The molecular formula is C23H29N3O4. The first-order valence-corrected chi connectivity index (χ1v) is 11.0. The van der Waals surface area contributed by atoms with E-state index in [1.54, 1.807) is 0 Å². The molecule has 1 saturated heterocycles. The number of carbonyl (C=O) groups excluding carboxylic acids is 4. The number of hydrogen-bond acceptors (Lipinski definition) is 4. The van der Waals surface area contributed by atoms with Crippen molar-refractivity contribution in [2.75, 3.05) is 0 Å². The van der Waals surface area contributed by atoms with Crippen LogP contribution in [0.3, 0.4) is 0 Å². The molecule has 30 heavy (non-hydrogen) atoms. The van der Waals surface area contributed by atoms with E-state index < -0.39 is 23.4 Å². The average Bonchev–Trinajstić information content (AvgIpc) is 2.98. The number of benzene rings is 1. The van der Waals surface area contributed by atoms with E-state index >= 15 is 0 Å². The summed E-state index contributed by atoms with van der Waals surface area (Å²) in [5.74, 6) is -0.480. The number of amides is 4. The zero-order chi connectivity index (χ0) is 21.3. The molecule has 2 N–H and O–H groups in total. The summed E-state index contributed by atoms with van der Waals surface area (Å²) in [6, 6.07) is 5.19. The quantitative estimate of drug-likeness (QED) is 0.575. The summed E-state index contributed by atoms with van der Waals surface area (Å²) >= 11 is 0. The Morgan fingerprint density at radius 3 is 2.53 bits per heavy atom. The van der Waals surface area contributed by atoms with Crippen LogP contribution >= 0.6 is 0 Å². The van der Waals surface area contributed by atoms with Crippen molar-refractivity contribution < 1.29 is 19.2 Å². The van der Waals surface area contributed by atoms with Crippen molar-refractivity contribution in [2.24, 2.45) is 5.92 Å². The highest BCUT2D eigenvalue weighted by Gasteiger charge is 2.52. The summed E-state index contributed by atoms with van der Waals surface area (Å²) in [5.41, 5.74) is 4.66. The average molecular weight is 412 g/mol. The third kappa shape index (κ3) is 3.98. The monoisotopic (exact) mass is 411 g/mol. The molecule has 0 radical (unpaired) electrons. The maximum atomic E-state index is 12.8. The molecule has 1 aromatic carbocycles. The van der Waals surface area contributed by atoms with Gasteiger partial charge in [0.1, 0.15) is 5.54 Å². The summed E-state index contributed by atoms with van der Waals surface area (Å²) in [4.78, 5) is 50.0. The number of nitrogens with one attached hydrogen (secondary N) is 2. The number of imide groups is 1. The number of nitrogens with zero attached hydrogens (tertiary/aromatic N) is 1. The van der Waals surface area contributed by atoms with Gasteiger partial charge in [-0.2, -0.15) is 5.01 Å². The van der Waals surface area contributed by atoms with E-state index in [4.69, 9.17) is 0 Å². The van der Waals surface area contributed by atoms with Crippen molar-refractivity contribution in [3.8, 4) is 0 Å². The second-order valence-electron chi connectivity index (χ2n) is 8.98. The Kier molecular flexibility index (Phi) is 5.62. The summed E-state index contributed by atoms with van der Waals surface area (Å²) in [6.07, 6.45) is 7.23. The molecule has 4 rings (SSSR count). The Hall–Kier alpha value is -2.70. The number of fused-ring (bicyclic) bond motifs is 1. The van der Waals surface area contributed by atoms with Gasteiger partial charge in [0.25, 0.3) is 5.91 Å². The largest absolute Gasteiger partial charge is 0.344 e. The van der Waals surface area contributed by atoms with Crippen LogP contribution in [0.4, 0.5) is 4.79 Å². The molecule has 2 aliphatic carbocycles. The van der Waals surface area contributed by atoms with E-state index in [-0.39, 0.29) is 18.6 Å². The molecule has 7 heteroatoms. The number of hydrazine groups is 1. The standard InChI is InChI=1S/C23H29N3O4/c1-15-10-12-23(13-11-15)21(29)26(22(30)24-23)25-20(28)9-8-19(27)18-7-6-16-4-2-3-5-17(16)14-18/h6-7,14-15H,2-5,8-13H2,1H3,(H,24,30)(H,25,28). The molecule has 3 aliphatic rings. The Bertz CT molecular complexity index is 886. The Morgan fingerprint density at radius 2 is 1.80 bits per heavy atom. The van der Waals surface area contributed by atoms with Gasteiger partial charge in [-0.3, -0.25) is 19.8 Å². The van der Waals surface area contributed by atoms with Crippen LogP contribution in [0.1, 0.15) is 79.8 Å². The molecule has 1 saturated carbocycles. The Balaban J connectivity index is 1.32. The third-order valence-electron chi connectivity index (χ3n) is 6.78. The van der Waals surface area contributed by atoms with Gasteiger partial charge in [0.05, 0.1) is 0 Å². The lowest BCUT2D eigenvalue weighted by molar-refractivity contribution is -0.140. The molecule has 0 bridgehead atoms. The van der Waals surface area contributed by atoms with Crippen LogP contribution in [-0.4, -0.2) is 34.2 Å². The van der Waals surface area contributed by atoms with Gasteiger partial charge in [0.2, 0.25) is 5.91 Å². The minimum absolute atomic E-state index is 0.0386. The fourth-order valence-electron chi connectivity index (χ4n) is 4.77. The van der Waals surface area contributed by atoms with Crippen molar-refractivity contribution in [2.45, 2.75) is 76.7 Å². The normalized spacial score (nSPS) is 25.8. The summed E-state index contributed by atoms with van der Waals surface area (Å²) in [5, 5.41) is 3.56. The molecule has 4 amide bonds. The first-order valence-electron chi connectivity index (χ1n) is 11.0. The van der Waals surface area contributed by atoms with Crippen LogP contribution in [0.25, 0.3) is 0 Å². The molecule has 0 aromatic heterocycles. The van der Waals surface area contributed by atoms with Crippen LogP contribution in [0.5, 0.6) is 0 Å². The van der Waals surface area contributed by atoms with Crippen LogP contribution in [-0.2, 0) is 22.4 Å². The van der Waals surface area contributed by atoms with E-state index in [9.17, 15) is 19.2 Å². The van der Waals surface area contributed by atoms with Crippen molar-refractivity contribution in [1.29, 1.82) is 0 Å². The first kappa shape index (κ1) is 20.6. The molecule has 0 atom stereocenters. The van der Waals surface area contributed by atoms with Gasteiger partial charge in [-0.15, -0.1) is 0 Å². The van der Waals surface area contributed by atoms with Gasteiger partial charge in [0.15, 0.2) is 5.78 Å². The van der Waals surface area contributed by atoms with Crippen LogP contribution in [0.15, 0.2) is 18.2 Å². The molecule has 1 spiro atoms. The zero-order valence-corrected chi connectivity index (χ0v) is 17.5. The van der Waals surface area contributed by atoms with E-state index in [0.29, 0.717) is 24.3 Å². The summed E-state index contributed by atoms with van der Waals surface area (Å²) < 4.78 is 0. The van der Waals surface area contributed by atoms with Crippen LogP contribution < -0.4 is 10.7 Å². The number of Topliss-reactive ketones (excluding diaryl/α,β-unsaturated/α-hetero) is 1. The number of hydrogen-bond donors (Lipinski definition) is 2. The Morgan fingerprint density at radius 1 is 1.10 bits per heavy atom. The first-order chi connectivity index (χ1) is 14.4. The van der Waals surface area contributed by atoms with Gasteiger partial charge in [-0.05, 0) is 74.5 Å². The minimum Gasteiger partial charge on any atom is -0.322 e. The van der Waals surface area contributed by atoms with Crippen molar-refractivity contribution >= 4 is 23.6 Å². The lowest BCUT2D eigenvalue weighted by Crippen LogP contribution is -2.51. The highest BCUT2D eigenvalue weighted by atomic mass is 16.2. The minimum atomic E-state index is -0.893. The SMILES string of the molecule is CC1CCC2(CC1)NC(=O)N(NC(=O)CCC(=O)c1ccc3c(c1)CCCC3)C2=O. The van der Waals surface area contributed by atoms with Crippen molar-refractivity contribution in [3.63, 3.8) is 0 Å². The molecule has 160 valence electrons. The summed E-state index contributed by atoms with van der Waals surface area (Å²) in [7, 11) is 0. The number of rotatable bonds is 5. The smallest absolute Gasteiger partial charge is 0.322 e. The highest BCUT2D eigenvalue weighted by molar-refractivity contribution is 6.08. The number of ketones is 1. The maximum absolute atomic E-state index is 12.8. The van der Waals surface area contributed by atoms with Gasteiger partial charge >= 0.3 is 6.03 Å². The van der Waals surface area contributed by atoms with E-state index in [0.717, 1.165) is 37.1 Å². The number of urea groups is 1. The van der Waals surface area contributed by atoms with Gasteiger partial charge in [-0.1, -0.05) is 19.1 Å². The van der Waals surface area contributed by atoms with Crippen LogP contribution in [0.2, 0.25) is 0 Å². The summed E-state index contributed by atoms with van der Waals surface area (Å²) in [6.45, 7) is 2.13. The zero-order valence-electron chi connectivity index (χ0n) is 17.5. The van der Waals surface area contributed by atoms with Gasteiger partial charge in [-0.25, -0.2) is 4.79 Å². The molecule has 1 aliphatic heterocycles. The van der Waals surface area contributed by atoms with E-state index in [1.807, 2.05) is 18.2 Å². The molecule has 1 aromatic rings. The number of aryl methyl sites for hydroxylation is 2. The molecule has 1 heterocycles. The lowest BCUT2D eigenvalue weighted by Gasteiger charge is -2.33. The molecular weight excluding hydrogens is 382 g/mol. The second kappa shape index (κ2) is 8.20. The van der Waals surface area contributed by atoms with Crippen molar-refractivity contribution in [3.05, 3.63) is 34.9 Å². The predicted octanol–water partition coefficient (Wildman–Crippen LogP) is 3.06. The highest BCUT2D eigenvalue weighted by Crippen LogP contribution is 2.35. The third-order valence-corrected chi connectivity index (χ3v) is 6.78. The molecule has 0 unspecified atom stereocenters. The lowest BCUT2D eigenvalue weighted by atomic mass is 9.77. The molecule has 7 nitrogen and oxygen atoms in total. The van der Waals surface area contributed by atoms with Crippen LogP contribution in [0, 0.1) is 5.92 Å². The fourth-order valence-corrected chi connectivity index (χ4v) is 4.77. The topological polar surface area (TPSA) is 95.6 Å².